The Kier molecular flexibility index (Phi) is 48.6. The molecule has 18 heteroatoms. The number of nitrogens with two attached hydrogens (primary N) is 4. The van der Waals surface area contributed by atoms with Gasteiger partial charge in [-0.05, 0) is 142 Å². The molecule has 1 fully saturated rings. The van der Waals surface area contributed by atoms with Gasteiger partial charge in [-0.15, -0.1) is 0 Å². The molecule has 15 N–H and O–H groups in total. The van der Waals surface area contributed by atoms with Crippen LogP contribution in [0.15, 0.2) is 0 Å². The molecule has 454 valence electrons. The molecule has 4 unspecified atom stereocenters. The van der Waals surface area contributed by atoms with Gasteiger partial charge >= 0.3 is 0 Å². The summed E-state index contributed by atoms with van der Waals surface area (Å²) in [6.07, 6.45) is 36.5. The maximum Gasteiger partial charge on any atom is 0.243 e. The van der Waals surface area contributed by atoms with Crippen molar-refractivity contribution in [2.75, 3.05) is 45.8 Å². The zero-order chi connectivity index (χ0) is 56.9. The van der Waals surface area contributed by atoms with Crippen molar-refractivity contribution in [1.29, 1.82) is 0 Å². The Morgan fingerprint density at radius 3 is 0.705 bits per heavy atom. The number of hydrogen-bond donors (Lipinski definition) is 11. The zero-order valence-electron chi connectivity index (χ0n) is 49.1. The lowest BCUT2D eigenvalue weighted by Gasteiger charge is -2.23. The van der Waals surface area contributed by atoms with Crippen molar-refractivity contribution in [1.82, 2.24) is 37.2 Å². The van der Waals surface area contributed by atoms with Gasteiger partial charge in [-0.3, -0.25) is 33.6 Å². The second-order valence-electron chi connectivity index (χ2n) is 22.2. The van der Waals surface area contributed by atoms with Crippen LogP contribution in [0.25, 0.3) is 0 Å². The third-order valence-electron chi connectivity index (χ3n) is 15.0. The molecule has 1 aliphatic heterocycles. The summed E-state index contributed by atoms with van der Waals surface area (Å²) in [5.74, 6) is -1.12. The highest BCUT2D eigenvalue weighted by Gasteiger charge is 2.27. The highest BCUT2D eigenvalue weighted by Crippen LogP contribution is 2.15. The van der Waals surface area contributed by atoms with Gasteiger partial charge in [0, 0.05) is 38.9 Å². The summed E-state index contributed by atoms with van der Waals surface area (Å²) in [7, 11) is 0. The van der Waals surface area contributed by atoms with Gasteiger partial charge in [0.25, 0.3) is 0 Å². The van der Waals surface area contributed by atoms with Crippen molar-refractivity contribution < 1.29 is 33.6 Å². The molecule has 7 amide bonds. The van der Waals surface area contributed by atoms with Crippen LogP contribution in [0.5, 0.6) is 0 Å². The number of unbranched alkanes of at least 4 members (excludes halogenated alkanes) is 4. The molecule has 18 nitrogen and oxygen atoms in total. The number of amides is 7. The minimum absolute atomic E-state index is 0.0752. The van der Waals surface area contributed by atoms with Crippen LogP contribution in [0.3, 0.4) is 0 Å². The van der Waals surface area contributed by atoms with Crippen LogP contribution in [0.4, 0.5) is 0 Å². The van der Waals surface area contributed by atoms with Crippen molar-refractivity contribution in [2.45, 2.75) is 294 Å². The second kappa shape index (κ2) is 52.5. The first-order valence-electron chi connectivity index (χ1n) is 31.9. The van der Waals surface area contributed by atoms with E-state index in [0.717, 1.165) is 212 Å². The van der Waals surface area contributed by atoms with Crippen molar-refractivity contribution in [3.8, 4) is 0 Å². The Labute approximate surface area is 473 Å². The molecule has 0 aliphatic carbocycles. The standard InChI is InChI=1S/C60H117N11O7/c61-43-29-25-36-50-57(75)65-47-33-19-13-7-1-4-10-16-22-40-54(72)68-51(37-26-30-44-62)58(76)66-48-34-20-14-8-3-6-12-18-24-42-56(74)70-53(39-28-32-46-64)60(78)71-52(38-27-31-45-63)59(77)67-49-35-21-15-9-2-5-11-17-23-41-55(73)69-50/h50-53H,1-49,61-64H2,(H,65,75)(H,66,76)(H,67,77)(H,68,72)(H,69,73)(H,70,74)(H,71,78). The van der Waals surface area contributed by atoms with Crippen LogP contribution < -0.4 is 60.2 Å². The van der Waals surface area contributed by atoms with Gasteiger partial charge in [0.2, 0.25) is 41.4 Å². The Bertz CT molecular complexity index is 1540. The lowest BCUT2D eigenvalue weighted by Crippen LogP contribution is -2.53. The van der Waals surface area contributed by atoms with Crippen LogP contribution in [0.1, 0.15) is 270 Å². The predicted octanol–water partition coefficient (Wildman–Crippen LogP) is 7.51. The van der Waals surface area contributed by atoms with E-state index >= 15 is 0 Å². The molecule has 4 atom stereocenters. The van der Waals surface area contributed by atoms with Gasteiger partial charge in [0.15, 0.2) is 0 Å². The Morgan fingerprint density at radius 1 is 0.256 bits per heavy atom. The van der Waals surface area contributed by atoms with E-state index in [4.69, 9.17) is 22.9 Å². The smallest absolute Gasteiger partial charge is 0.243 e. The van der Waals surface area contributed by atoms with Gasteiger partial charge in [0.05, 0.1) is 0 Å². The Balaban J connectivity index is 2.80. The fourth-order valence-corrected chi connectivity index (χ4v) is 10.1. The van der Waals surface area contributed by atoms with Gasteiger partial charge in [-0.1, -0.05) is 135 Å². The number of rotatable bonds is 16. The van der Waals surface area contributed by atoms with Gasteiger partial charge < -0.3 is 60.2 Å². The number of nitrogens with one attached hydrogen (secondary N) is 7. The van der Waals surface area contributed by atoms with Gasteiger partial charge in [-0.25, -0.2) is 0 Å². The first kappa shape index (κ1) is 72.1. The van der Waals surface area contributed by atoms with Gasteiger partial charge in [0.1, 0.15) is 24.2 Å². The number of carbonyl (C=O) groups is 7. The summed E-state index contributed by atoms with van der Waals surface area (Å²) in [6, 6.07) is -2.55. The van der Waals surface area contributed by atoms with E-state index in [0.29, 0.717) is 104 Å². The minimum Gasteiger partial charge on any atom is -0.354 e. The lowest BCUT2D eigenvalue weighted by molar-refractivity contribution is -0.132. The van der Waals surface area contributed by atoms with Crippen LogP contribution >= 0.6 is 0 Å². The monoisotopic (exact) mass is 1100 g/mol. The second-order valence-corrected chi connectivity index (χ2v) is 22.2. The van der Waals surface area contributed by atoms with Crippen LogP contribution in [0, 0.1) is 0 Å². The third kappa shape index (κ3) is 42.1. The van der Waals surface area contributed by atoms with E-state index in [9.17, 15) is 33.6 Å². The molecule has 0 saturated carbocycles. The van der Waals surface area contributed by atoms with E-state index in [1.54, 1.807) is 0 Å². The molecule has 0 aromatic carbocycles. The normalized spacial score (nSPS) is 23.2. The molecule has 0 radical (unpaired) electrons. The molecule has 1 saturated heterocycles. The van der Waals surface area contributed by atoms with Gasteiger partial charge in [-0.2, -0.15) is 0 Å². The molecule has 0 aromatic rings. The fourth-order valence-electron chi connectivity index (χ4n) is 10.1. The summed E-state index contributed by atoms with van der Waals surface area (Å²) in [5, 5.41) is 21.1. The first-order valence-corrected chi connectivity index (χ1v) is 31.9. The minimum atomic E-state index is -0.745. The average molecular weight is 1100 g/mol. The largest absolute Gasteiger partial charge is 0.354 e. The summed E-state index contributed by atoms with van der Waals surface area (Å²) < 4.78 is 0. The summed E-state index contributed by atoms with van der Waals surface area (Å²) in [5.41, 5.74) is 23.0. The Hall–Kier alpha value is -3.87. The summed E-state index contributed by atoms with van der Waals surface area (Å²) in [6.45, 7) is 3.79. The predicted molar refractivity (Wildman–Crippen MR) is 317 cm³/mol. The SMILES string of the molecule is NCCCCC1NC(=O)CCCCCCCCCCCNC(=O)C(CCCCN)NC(=O)CCCCCCCCCCCNC(=O)C(CCCCN)NC(=O)C(CCCCN)NC(=O)CCCCCCCCCCCNC1=O. The van der Waals surface area contributed by atoms with E-state index in [-0.39, 0.29) is 41.4 Å². The van der Waals surface area contributed by atoms with E-state index in [1.807, 2.05) is 0 Å². The number of carbonyl (C=O) groups excluding carboxylic acids is 7. The molecular formula is C60H117N11O7. The fraction of sp³-hybridized carbons (Fsp3) is 0.883. The van der Waals surface area contributed by atoms with E-state index < -0.39 is 24.2 Å². The Morgan fingerprint density at radius 2 is 0.462 bits per heavy atom. The molecule has 1 rings (SSSR count). The van der Waals surface area contributed by atoms with Crippen molar-refractivity contribution in [2.24, 2.45) is 22.9 Å². The summed E-state index contributed by atoms with van der Waals surface area (Å²) >= 11 is 0. The highest BCUT2D eigenvalue weighted by molar-refractivity contribution is 5.92. The van der Waals surface area contributed by atoms with Crippen LogP contribution in [-0.4, -0.2) is 111 Å². The van der Waals surface area contributed by atoms with Crippen LogP contribution in [0.2, 0.25) is 0 Å². The quantitative estimate of drug-likeness (QED) is 0.0672. The van der Waals surface area contributed by atoms with Crippen molar-refractivity contribution >= 4 is 41.4 Å². The molecule has 0 aromatic heterocycles. The maximum atomic E-state index is 13.7. The summed E-state index contributed by atoms with van der Waals surface area (Å²) in [4.78, 5) is 92.3. The number of hydrogen-bond acceptors (Lipinski definition) is 11. The maximum absolute atomic E-state index is 13.7. The third-order valence-corrected chi connectivity index (χ3v) is 15.0. The molecule has 0 spiro atoms. The molecule has 1 aliphatic rings. The van der Waals surface area contributed by atoms with Crippen molar-refractivity contribution in [3.05, 3.63) is 0 Å². The molecule has 1 heterocycles. The van der Waals surface area contributed by atoms with Crippen LogP contribution in [-0.2, 0) is 33.6 Å². The topological polar surface area (TPSA) is 308 Å². The molecule has 78 heavy (non-hydrogen) atoms. The average Bonchev–Trinajstić information content (AvgIpc) is 3.42. The van der Waals surface area contributed by atoms with E-state index in [1.165, 1.54) is 0 Å². The first-order chi connectivity index (χ1) is 38.1. The van der Waals surface area contributed by atoms with E-state index in [2.05, 4.69) is 37.2 Å². The molecular weight excluding hydrogens is 987 g/mol. The molecule has 0 bridgehead atoms. The zero-order valence-corrected chi connectivity index (χ0v) is 49.1. The lowest BCUT2D eigenvalue weighted by atomic mass is 10.0. The highest BCUT2D eigenvalue weighted by atomic mass is 16.2. The van der Waals surface area contributed by atoms with Crippen molar-refractivity contribution in [3.63, 3.8) is 0 Å².